The molecule has 0 atom stereocenters. The molecule has 4 rings (SSSR count). The van der Waals surface area contributed by atoms with Gasteiger partial charge in [-0.3, -0.25) is 15.8 Å². The smallest absolute Gasteiger partial charge is 0.138 e. The molecular formula is C33H39N7O. The van der Waals surface area contributed by atoms with E-state index in [4.69, 9.17) is 27.3 Å². The van der Waals surface area contributed by atoms with Crippen LogP contribution in [-0.2, 0) is 0 Å². The van der Waals surface area contributed by atoms with Gasteiger partial charge in [0.25, 0.3) is 0 Å². The van der Waals surface area contributed by atoms with Crippen LogP contribution < -0.4 is 16.4 Å². The summed E-state index contributed by atoms with van der Waals surface area (Å²) in [6, 6.07) is 23.1. The molecule has 3 aromatic rings. The number of rotatable bonds is 10. The molecule has 0 spiro atoms. The number of amidine groups is 3. The third kappa shape index (κ3) is 8.32. The zero-order valence-corrected chi connectivity index (χ0v) is 23.5. The van der Waals surface area contributed by atoms with Crippen molar-refractivity contribution in [2.24, 2.45) is 16.5 Å². The number of para-hydroxylation sites is 2. The van der Waals surface area contributed by atoms with E-state index >= 15 is 0 Å². The maximum absolute atomic E-state index is 10.5. The molecule has 8 nitrogen and oxygen atoms in total. The van der Waals surface area contributed by atoms with E-state index in [2.05, 4.69) is 22.0 Å². The predicted octanol–water partition coefficient (Wildman–Crippen LogP) is 5.08. The average Bonchev–Trinajstić information content (AvgIpc) is 2.97. The first-order valence-electron chi connectivity index (χ1n) is 13.8. The molecule has 41 heavy (non-hydrogen) atoms. The summed E-state index contributed by atoms with van der Waals surface area (Å²) in [5.74, 6) is 1.41. The van der Waals surface area contributed by atoms with Gasteiger partial charge in [0.1, 0.15) is 17.4 Å². The number of nitrogens with zero attached hydrogens (tertiary/aromatic N) is 3. The van der Waals surface area contributed by atoms with Gasteiger partial charge in [0.05, 0.1) is 17.6 Å². The van der Waals surface area contributed by atoms with Gasteiger partial charge in [0.15, 0.2) is 0 Å². The van der Waals surface area contributed by atoms with Gasteiger partial charge in [-0.25, -0.2) is 0 Å². The number of hydrogen-bond acceptors (Lipinski definition) is 5. The van der Waals surface area contributed by atoms with Gasteiger partial charge in [0, 0.05) is 37.3 Å². The van der Waals surface area contributed by atoms with Crippen LogP contribution >= 0.6 is 0 Å². The molecule has 3 aromatic carbocycles. The Hall–Kier alpha value is -4.85. The quantitative estimate of drug-likeness (QED) is 0.177. The first-order valence-corrected chi connectivity index (χ1v) is 13.8. The molecule has 0 saturated carbocycles. The first-order chi connectivity index (χ1) is 19.8. The molecule has 1 heterocycles. The maximum Gasteiger partial charge on any atom is 0.138 e. The van der Waals surface area contributed by atoms with Gasteiger partial charge in [0.2, 0.25) is 0 Å². The Kier molecular flexibility index (Phi) is 9.94. The summed E-state index contributed by atoms with van der Waals surface area (Å²) >= 11 is 0. The molecule has 1 saturated heterocycles. The predicted molar refractivity (Wildman–Crippen MR) is 171 cm³/mol. The molecular weight excluding hydrogens is 510 g/mol. The Balaban J connectivity index is 1.43. The Bertz CT molecular complexity index is 1450. The van der Waals surface area contributed by atoms with E-state index in [1.165, 1.54) is 0 Å². The highest BCUT2D eigenvalue weighted by Gasteiger charge is 2.19. The lowest BCUT2D eigenvalue weighted by Crippen LogP contribution is -2.38. The van der Waals surface area contributed by atoms with E-state index in [1.807, 2.05) is 85.8 Å². The third-order valence-electron chi connectivity index (χ3n) is 7.14. The lowest BCUT2D eigenvalue weighted by molar-refractivity contribution is 0.312. The van der Waals surface area contributed by atoms with E-state index in [9.17, 15) is 5.11 Å². The molecule has 0 aromatic heterocycles. The zero-order chi connectivity index (χ0) is 29.2. The third-order valence-corrected chi connectivity index (χ3v) is 7.14. The minimum absolute atomic E-state index is 0.0396. The summed E-state index contributed by atoms with van der Waals surface area (Å²) in [6.45, 7) is 4.66. The minimum atomic E-state index is 0.0396. The van der Waals surface area contributed by atoms with Crippen molar-refractivity contribution >= 4 is 35.3 Å². The molecule has 1 aliphatic heterocycles. The topological polar surface area (TPSA) is 139 Å². The van der Waals surface area contributed by atoms with Crippen molar-refractivity contribution in [3.63, 3.8) is 0 Å². The molecule has 0 amide bonds. The molecule has 0 unspecified atom stereocenters. The molecule has 1 aliphatic rings. The Morgan fingerprint density at radius 2 is 1.49 bits per heavy atom. The fourth-order valence-electron chi connectivity index (χ4n) is 4.85. The van der Waals surface area contributed by atoms with Crippen LogP contribution in [-0.4, -0.2) is 59.7 Å². The summed E-state index contributed by atoms with van der Waals surface area (Å²) in [7, 11) is 0. The fraction of sp³-hybridized carbons (Fsp3) is 0.242. The lowest BCUT2D eigenvalue weighted by atomic mass is 10.0. The normalized spacial score (nSPS) is 14.6. The van der Waals surface area contributed by atoms with E-state index in [0.717, 1.165) is 48.3 Å². The standard InChI is InChI=1S/C33H39N7O/c1-24(34)39-20-16-29(17-21-39)38-33(37)28-13-5-9-26(23-28)11-7-19-40(30-14-2-3-15-31(30)41)18-6-10-25-8-4-12-27(22-25)32(35)36/h2-15,22-23,29,34,41H,16-21H2,1H3,(H3,35,36)(H2,37,38)/b10-6+,11-7+,34-24?. The zero-order valence-electron chi connectivity index (χ0n) is 23.5. The van der Waals surface area contributed by atoms with Gasteiger partial charge in [-0.05, 0) is 55.2 Å². The molecule has 212 valence electrons. The van der Waals surface area contributed by atoms with Crippen LogP contribution in [0.1, 0.15) is 42.0 Å². The van der Waals surface area contributed by atoms with E-state index in [-0.39, 0.29) is 17.6 Å². The Morgan fingerprint density at radius 3 is 2.07 bits per heavy atom. The highest BCUT2D eigenvalue weighted by molar-refractivity contribution is 5.98. The molecule has 0 aliphatic carbocycles. The summed E-state index contributed by atoms with van der Waals surface area (Å²) in [5.41, 5.74) is 16.3. The van der Waals surface area contributed by atoms with Crippen LogP contribution in [0.25, 0.3) is 12.2 Å². The fourth-order valence-corrected chi connectivity index (χ4v) is 4.85. The number of nitrogens with two attached hydrogens (primary N) is 2. The van der Waals surface area contributed by atoms with Crippen LogP contribution in [0, 0.1) is 10.8 Å². The number of phenols is 1. The van der Waals surface area contributed by atoms with Gasteiger partial charge >= 0.3 is 0 Å². The molecule has 8 heteroatoms. The number of benzene rings is 3. The number of nitrogens with one attached hydrogen (secondary N) is 2. The molecule has 0 bridgehead atoms. The number of likely N-dealkylation sites (tertiary alicyclic amines) is 1. The Labute approximate surface area is 242 Å². The lowest BCUT2D eigenvalue weighted by Gasteiger charge is -2.31. The number of aliphatic imine (C=N–C) groups is 1. The molecule has 7 N–H and O–H groups in total. The van der Waals surface area contributed by atoms with Crippen molar-refractivity contribution in [3.8, 4) is 5.75 Å². The largest absolute Gasteiger partial charge is 0.506 e. The van der Waals surface area contributed by atoms with Crippen LogP contribution in [0.15, 0.2) is 89.9 Å². The SMILES string of the molecule is CC(=N)N1CCC(N=C(N)c2cccc(/C=C/CN(C/C=C/c3cccc(C(=N)N)c3)c3ccccc3O)c2)CC1. The van der Waals surface area contributed by atoms with Crippen molar-refractivity contribution < 1.29 is 5.11 Å². The van der Waals surface area contributed by atoms with Crippen LogP contribution in [0.2, 0.25) is 0 Å². The van der Waals surface area contributed by atoms with Crippen LogP contribution in [0.3, 0.4) is 0 Å². The molecule has 0 radical (unpaired) electrons. The number of piperidine rings is 1. The van der Waals surface area contributed by atoms with Crippen molar-refractivity contribution in [1.29, 1.82) is 10.8 Å². The van der Waals surface area contributed by atoms with Gasteiger partial charge < -0.3 is 26.4 Å². The van der Waals surface area contributed by atoms with E-state index < -0.39 is 0 Å². The van der Waals surface area contributed by atoms with Gasteiger partial charge in [-0.1, -0.05) is 72.8 Å². The number of phenolic OH excluding ortho intramolecular Hbond substituents is 1. The van der Waals surface area contributed by atoms with Crippen molar-refractivity contribution in [1.82, 2.24) is 4.90 Å². The first kappa shape index (κ1) is 29.1. The highest BCUT2D eigenvalue weighted by atomic mass is 16.3. The summed E-state index contributed by atoms with van der Waals surface area (Å²) in [4.78, 5) is 8.94. The van der Waals surface area contributed by atoms with E-state index in [0.29, 0.717) is 30.3 Å². The van der Waals surface area contributed by atoms with Crippen LogP contribution in [0.5, 0.6) is 5.75 Å². The van der Waals surface area contributed by atoms with Gasteiger partial charge in [-0.15, -0.1) is 0 Å². The summed E-state index contributed by atoms with van der Waals surface area (Å²) < 4.78 is 0. The number of anilines is 1. The van der Waals surface area contributed by atoms with Crippen LogP contribution in [0.4, 0.5) is 5.69 Å². The van der Waals surface area contributed by atoms with Crippen molar-refractivity contribution in [3.05, 3.63) is 107 Å². The second-order valence-electron chi connectivity index (χ2n) is 10.2. The molecule has 1 fully saturated rings. The van der Waals surface area contributed by atoms with E-state index in [1.54, 1.807) is 6.07 Å². The summed E-state index contributed by atoms with van der Waals surface area (Å²) in [6.07, 6.45) is 9.94. The number of nitrogen functional groups attached to an aromatic ring is 1. The minimum Gasteiger partial charge on any atom is -0.506 e. The number of hydrogen-bond donors (Lipinski definition) is 5. The monoisotopic (exact) mass is 549 g/mol. The second-order valence-corrected chi connectivity index (χ2v) is 10.2. The highest BCUT2D eigenvalue weighted by Crippen LogP contribution is 2.26. The van der Waals surface area contributed by atoms with Gasteiger partial charge in [-0.2, -0.15) is 0 Å². The van der Waals surface area contributed by atoms with Crippen molar-refractivity contribution in [2.45, 2.75) is 25.8 Å². The Morgan fingerprint density at radius 1 is 0.902 bits per heavy atom. The maximum atomic E-state index is 10.5. The average molecular weight is 550 g/mol. The second kappa shape index (κ2) is 14.0. The number of aromatic hydroxyl groups is 1. The summed E-state index contributed by atoms with van der Waals surface area (Å²) in [5, 5.41) is 26.0. The van der Waals surface area contributed by atoms with Crippen molar-refractivity contribution in [2.75, 3.05) is 31.1 Å².